The van der Waals surface area contributed by atoms with Crippen LogP contribution in [0, 0.1) is 0 Å². The second-order valence-corrected chi connectivity index (χ2v) is 5.24. The number of nitrogens with zero attached hydrogens (tertiary/aromatic N) is 2. The molecule has 0 amide bonds. The van der Waals surface area contributed by atoms with E-state index < -0.39 is 16.2 Å². The maximum Gasteiger partial charge on any atom is 0.255 e. The van der Waals surface area contributed by atoms with E-state index in [1.807, 2.05) is 0 Å². The van der Waals surface area contributed by atoms with Crippen molar-refractivity contribution in [2.24, 2.45) is 5.14 Å². The van der Waals surface area contributed by atoms with Gasteiger partial charge in [0.05, 0.1) is 0 Å². The van der Waals surface area contributed by atoms with Gasteiger partial charge in [0.2, 0.25) is 0 Å². The quantitative estimate of drug-likeness (QED) is 0.811. The third kappa shape index (κ3) is 2.30. The van der Waals surface area contributed by atoms with Crippen molar-refractivity contribution in [2.45, 2.75) is 17.6 Å². The number of alkyl halides is 1. The van der Waals surface area contributed by atoms with E-state index in [1.54, 1.807) is 11.0 Å². The summed E-state index contributed by atoms with van der Waals surface area (Å²) in [7, 11) is -3.80. The van der Waals surface area contributed by atoms with Crippen LogP contribution in [0.2, 0.25) is 0 Å². The van der Waals surface area contributed by atoms with Crippen molar-refractivity contribution in [3.8, 4) is 0 Å². The number of halogens is 1. The maximum atomic E-state index is 13.0. The Kier molecular flexibility index (Phi) is 2.81. The summed E-state index contributed by atoms with van der Waals surface area (Å²) in [6.07, 6.45) is 0.972. The van der Waals surface area contributed by atoms with E-state index in [2.05, 4.69) is 4.98 Å². The van der Waals surface area contributed by atoms with Gasteiger partial charge in [-0.2, -0.15) is 0 Å². The molecule has 2 N–H and O–H groups in total. The van der Waals surface area contributed by atoms with Gasteiger partial charge >= 0.3 is 0 Å². The molecule has 1 fully saturated rings. The van der Waals surface area contributed by atoms with Crippen molar-refractivity contribution in [3.63, 3.8) is 0 Å². The molecule has 0 unspecified atom stereocenters. The van der Waals surface area contributed by atoms with E-state index in [9.17, 15) is 12.8 Å². The molecule has 0 radical (unpaired) electrons. The number of anilines is 1. The van der Waals surface area contributed by atoms with Crippen molar-refractivity contribution in [1.29, 1.82) is 0 Å². The van der Waals surface area contributed by atoms with Crippen LogP contribution in [-0.4, -0.2) is 32.7 Å². The molecular weight excluding hydrogens is 233 g/mol. The van der Waals surface area contributed by atoms with E-state index in [0.29, 0.717) is 18.7 Å². The molecule has 0 saturated carbocycles. The lowest BCUT2D eigenvalue weighted by molar-refractivity contribution is 0.364. The first-order valence-electron chi connectivity index (χ1n) is 4.85. The molecule has 1 aromatic heterocycles. The number of rotatable bonds is 2. The van der Waals surface area contributed by atoms with Gasteiger partial charge in [-0.25, -0.2) is 22.9 Å². The topological polar surface area (TPSA) is 76.3 Å². The first-order chi connectivity index (χ1) is 7.47. The molecule has 1 aromatic rings. The van der Waals surface area contributed by atoms with E-state index >= 15 is 0 Å². The molecule has 7 heteroatoms. The van der Waals surface area contributed by atoms with E-state index in [-0.39, 0.29) is 11.6 Å². The SMILES string of the molecule is NS(=O)(=O)c1cc(N2CC[C@H](F)C2)ccn1. The van der Waals surface area contributed by atoms with Crippen LogP contribution in [0.3, 0.4) is 0 Å². The fraction of sp³-hybridized carbons (Fsp3) is 0.444. The van der Waals surface area contributed by atoms with Gasteiger partial charge in [-0.1, -0.05) is 0 Å². The van der Waals surface area contributed by atoms with Crippen molar-refractivity contribution in [1.82, 2.24) is 4.98 Å². The van der Waals surface area contributed by atoms with Gasteiger partial charge in [-0.3, -0.25) is 0 Å². The molecular formula is C9H12FN3O2S. The molecule has 2 heterocycles. The van der Waals surface area contributed by atoms with Gasteiger partial charge in [0.15, 0.2) is 5.03 Å². The molecule has 0 spiro atoms. The Morgan fingerprint density at radius 2 is 2.31 bits per heavy atom. The number of aromatic nitrogens is 1. The van der Waals surface area contributed by atoms with Crippen molar-refractivity contribution < 1.29 is 12.8 Å². The van der Waals surface area contributed by atoms with Crippen LogP contribution in [-0.2, 0) is 10.0 Å². The largest absolute Gasteiger partial charge is 0.368 e. The average molecular weight is 245 g/mol. The monoisotopic (exact) mass is 245 g/mol. The van der Waals surface area contributed by atoms with Gasteiger partial charge in [0.25, 0.3) is 10.0 Å². The van der Waals surface area contributed by atoms with Gasteiger partial charge < -0.3 is 4.90 Å². The molecule has 88 valence electrons. The molecule has 1 atom stereocenters. The normalized spacial score (nSPS) is 21.4. The Morgan fingerprint density at radius 1 is 1.56 bits per heavy atom. The highest BCUT2D eigenvalue weighted by Crippen LogP contribution is 2.22. The van der Waals surface area contributed by atoms with Crippen LogP contribution in [0.5, 0.6) is 0 Å². The Hall–Kier alpha value is -1.21. The van der Waals surface area contributed by atoms with E-state index in [4.69, 9.17) is 5.14 Å². The molecule has 16 heavy (non-hydrogen) atoms. The average Bonchev–Trinajstić information content (AvgIpc) is 2.64. The predicted octanol–water partition coefficient (Wildman–Crippen LogP) is 0.277. The molecule has 0 aromatic carbocycles. The molecule has 0 aliphatic carbocycles. The van der Waals surface area contributed by atoms with Crippen LogP contribution in [0.4, 0.5) is 10.1 Å². The third-order valence-electron chi connectivity index (χ3n) is 2.51. The Labute approximate surface area is 93.1 Å². The second kappa shape index (κ2) is 3.99. The summed E-state index contributed by atoms with van der Waals surface area (Å²) in [6, 6.07) is 3.01. The number of nitrogens with two attached hydrogens (primary N) is 1. The molecule has 1 aliphatic heterocycles. The van der Waals surface area contributed by atoms with Gasteiger partial charge in [-0.05, 0) is 12.5 Å². The fourth-order valence-electron chi connectivity index (χ4n) is 1.70. The lowest BCUT2D eigenvalue weighted by atomic mass is 10.3. The van der Waals surface area contributed by atoms with Crippen LogP contribution < -0.4 is 10.0 Å². The Balaban J connectivity index is 2.30. The highest BCUT2D eigenvalue weighted by atomic mass is 32.2. The summed E-state index contributed by atoms with van der Waals surface area (Å²) in [6.45, 7) is 0.864. The number of primary sulfonamides is 1. The summed E-state index contributed by atoms with van der Waals surface area (Å²) in [5, 5.41) is 4.78. The fourth-order valence-corrected chi connectivity index (χ4v) is 2.20. The zero-order valence-corrected chi connectivity index (χ0v) is 9.32. The van der Waals surface area contributed by atoms with Crippen LogP contribution in [0.25, 0.3) is 0 Å². The second-order valence-electron chi connectivity index (χ2n) is 3.73. The first kappa shape index (κ1) is 11.3. The minimum Gasteiger partial charge on any atom is -0.368 e. The molecule has 1 saturated heterocycles. The minimum atomic E-state index is -3.80. The summed E-state index contributed by atoms with van der Waals surface area (Å²) in [5.74, 6) is 0. The lowest BCUT2D eigenvalue weighted by Gasteiger charge is -2.17. The Bertz CT molecular complexity index is 491. The summed E-state index contributed by atoms with van der Waals surface area (Å²) in [4.78, 5) is 5.45. The highest BCUT2D eigenvalue weighted by molar-refractivity contribution is 7.89. The zero-order valence-electron chi connectivity index (χ0n) is 8.51. The number of hydrogen-bond acceptors (Lipinski definition) is 4. The van der Waals surface area contributed by atoms with E-state index in [1.165, 1.54) is 12.3 Å². The predicted molar refractivity (Wildman–Crippen MR) is 57.3 cm³/mol. The first-order valence-corrected chi connectivity index (χ1v) is 6.39. The van der Waals surface area contributed by atoms with Gasteiger partial charge in [-0.15, -0.1) is 0 Å². The number of sulfonamides is 1. The molecule has 2 rings (SSSR count). The lowest BCUT2D eigenvalue weighted by Crippen LogP contribution is -2.21. The van der Waals surface area contributed by atoms with Crippen LogP contribution in [0.15, 0.2) is 23.4 Å². The van der Waals surface area contributed by atoms with E-state index in [0.717, 1.165) is 0 Å². The molecule has 5 nitrogen and oxygen atoms in total. The molecule has 1 aliphatic rings. The van der Waals surface area contributed by atoms with Gasteiger partial charge in [0.1, 0.15) is 6.17 Å². The smallest absolute Gasteiger partial charge is 0.255 e. The standard InChI is InChI=1S/C9H12FN3O2S/c10-7-2-4-13(6-7)8-1-3-12-9(5-8)16(11,14)15/h1,3,5,7H,2,4,6H2,(H2,11,14,15)/t7-/m0/s1. The van der Waals surface area contributed by atoms with Crippen molar-refractivity contribution in [3.05, 3.63) is 18.3 Å². The zero-order chi connectivity index (χ0) is 11.8. The highest BCUT2D eigenvalue weighted by Gasteiger charge is 2.23. The third-order valence-corrected chi connectivity index (χ3v) is 3.31. The van der Waals surface area contributed by atoms with Crippen LogP contribution >= 0.6 is 0 Å². The van der Waals surface area contributed by atoms with Crippen LogP contribution in [0.1, 0.15) is 6.42 Å². The van der Waals surface area contributed by atoms with Crippen molar-refractivity contribution >= 4 is 15.7 Å². The summed E-state index contributed by atoms with van der Waals surface area (Å²) < 4.78 is 35.2. The number of pyridine rings is 1. The Morgan fingerprint density at radius 3 is 2.88 bits per heavy atom. The van der Waals surface area contributed by atoms with Crippen molar-refractivity contribution in [2.75, 3.05) is 18.0 Å². The van der Waals surface area contributed by atoms with Gasteiger partial charge in [0, 0.05) is 31.0 Å². The number of hydrogen-bond donors (Lipinski definition) is 1. The maximum absolute atomic E-state index is 13.0. The summed E-state index contributed by atoms with van der Waals surface area (Å²) in [5.41, 5.74) is 0.638. The minimum absolute atomic E-state index is 0.188. The summed E-state index contributed by atoms with van der Waals surface area (Å²) >= 11 is 0. The molecule has 0 bridgehead atoms.